The smallest absolute Gasteiger partial charge is 0.388 e. The van der Waals surface area contributed by atoms with Gasteiger partial charge in [0.1, 0.15) is 25.7 Å². The molecular weight excluding hydrogens is 711 g/mol. The summed E-state index contributed by atoms with van der Waals surface area (Å²) < 4.78 is 70.0. The van der Waals surface area contributed by atoms with E-state index in [4.69, 9.17) is 14.3 Å². The first-order valence-corrected chi connectivity index (χ1v) is 19.0. The largest absolute Gasteiger partial charge is 0.598 e. The maximum absolute atomic E-state index is 14.6. The quantitative estimate of drug-likeness (QED) is 0.0835. The summed E-state index contributed by atoms with van der Waals surface area (Å²) in [6.07, 6.45) is 0.150. The molecule has 1 aromatic heterocycles. The highest BCUT2D eigenvalue weighted by molar-refractivity contribution is 6.44. The van der Waals surface area contributed by atoms with Gasteiger partial charge in [-0.1, -0.05) is 83.9 Å². The van der Waals surface area contributed by atoms with Crippen LogP contribution in [0.25, 0.3) is 34.0 Å². The second-order valence-corrected chi connectivity index (χ2v) is 15.0. The minimum Gasteiger partial charge on any atom is -0.388 e. The topological polar surface area (TPSA) is 35.8 Å². The molecule has 5 aromatic rings. The Morgan fingerprint density at radius 1 is 0.607 bits per heavy atom. The highest BCUT2D eigenvalue weighted by Crippen LogP contribution is 2.41. The number of aryl methyl sites for hydroxylation is 8. The van der Waals surface area contributed by atoms with Crippen molar-refractivity contribution in [2.45, 2.75) is 67.7 Å². The molecule has 0 saturated heterocycles. The number of allylic oxidation sites excluding steroid dienone is 2. The van der Waals surface area contributed by atoms with Gasteiger partial charge in [0.25, 0.3) is 0 Å². The van der Waals surface area contributed by atoms with Crippen LogP contribution < -0.4 is 0 Å². The average molecular weight is 761 g/mol. The summed E-state index contributed by atoms with van der Waals surface area (Å²) in [6, 6.07) is 26.7. The van der Waals surface area contributed by atoms with Crippen LogP contribution in [0.5, 0.6) is 0 Å². The third-order valence-corrected chi connectivity index (χ3v) is 10.5. The van der Waals surface area contributed by atoms with E-state index in [0.29, 0.717) is 17.1 Å². The summed E-state index contributed by atoms with van der Waals surface area (Å²) in [6.45, 7) is 12.6. The standard InChI is InChI=1S/C47H49BF4N2O2/c1-28-9-13-36(14-10-28)44-21-42(40-19-32(5)30(3)17-34(40)7)45(53-44)23-47-43(41-20-33(6)31(4)18-35(41)8)22-46(37-15-11-29(2)12-16-37)54(47)48(55-26-38(51)24-49)56-27-39(52)25-50/h9-23,38-39H,24-27H2,1-8H3/b45-23-. The Morgan fingerprint density at radius 3 is 1.62 bits per heavy atom. The fourth-order valence-corrected chi connectivity index (χ4v) is 7.00. The van der Waals surface area contributed by atoms with Crippen molar-refractivity contribution in [2.24, 2.45) is 4.99 Å². The van der Waals surface area contributed by atoms with Gasteiger partial charge in [0.05, 0.1) is 24.6 Å². The highest BCUT2D eigenvalue weighted by atomic mass is 19.2. The van der Waals surface area contributed by atoms with Crippen molar-refractivity contribution in [1.29, 1.82) is 0 Å². The molecule has 4 aromatic carbocycles. The van der Waals surface area contributed by atoms with Gasteiger partial charge in [0.15, 0.2) is 0 Å². The van der Waals surface area contributed by atoms with Gasteiger partial charge in [-0.05, 0) is 124 Å². The van der Waals surface area contributed by atoms with Crippen molar-refractivity contribution in [2.75, 3.05) is 26.6 Å². The molecule has 0 amide bonds. The zero-order chi connectivity index (χ0) is 40.3. The normalized spacial score (nSPS) is 14.6. The second-order valence-electron chi connectivity index (χ2n) is 15.0. The third-order valence-electron chi connectivity index (χ3n) is 10.5. The van der Waals surface area contributed by atoms with Gasteiger partial charge in [0.2, 0.25) is 0 Å². The van der Waals surface area contributed by atoms with Gasteiger partial charge >= 0.3 is 7.25 Å². The second kappa shape index (κ2) is 17.4. The van der Waals surface area contributed by atoms with Gasteiger partial charge in [-0.3, -0.25) is 0 Å². The summed E-state index contributed by atoms with van der Waals surface area (Å²) in [5.41, 5.74) is 16.8. The lowest BCUT2D eigenvalue weighted by atomic mass is 9.92. The highest BCUT2D eigenvalue weighted by Gasteiger charge is 2.33. The van der Waals surface area contributed by atoms with E-state index in [9.17, 15) is 17.6 Å². The van der Waals surface area contributed by atoms with E-state index in [0.717, 1.165) is 78.0 Å². The molecule has 2 heterocycles. The molecule has 290 valence electrons. The van der Waals surface area contributed by atoms with Crippen molar-refractivity contribution in [3.63, 3.8) is 0 Å². The van der Waals surface area contributed by atoms with Crippen LogP contribution in [0, 0.1) is 55.4 Å². The molecule has 4 nitrogen and oxygen atoms in total. The molecule has 0 fully saturated rings. The predicted octanol–water partition coefficient (Wildman–Crippen LogP) is 11.7. The number of benzene rings is 4. The summed E-state index contributed by atoms with van der Waals surface area (Å²) in [5, 5.41) is 0. The summed E-state index contributed by atoms with van der Waals surface area (Å²) in [4.78, 5) is 5.26. The van der Waals surface area contributed by atoms with Crippen molar-refractivity contribution >= 4 is 24.6 Å². The fourth-order valence-electron chi connectivity index (χ4n) is 7.00. The molecule has 56 heavy (non-hydrogen) atoms. The predicted molar refractivity (Wildman–Crippen MR) is 223 cm³/mol. The van der Waals surface area contributed by atoms with Crippen LogP contribution in [0.15, 0.2) is 95.6 Å². The first-order chi connectivity index (χ1) is 26.8. The molecule has 0 N–H and O–H groups in total. The molecule has 0 bridgehead atoms. The lowest BCUT2D eigenvalue weighted by Crippen LogP contribution is -2.38. The fraction of sp³-hybridized carbons (Fsp3) is 0.298. The monoisotopic (exact) mass is 760 g/mol. The Hall–Kier alpha value is -4.99. The number of rotatable bonds is 14. The summed E-state index contributed by atoms with van der Waals surface area (Å²) in [7, 11) is -1.47. The molecule has 9 heteroatoms. The van der Waals surface area contributed by atoms with Gasteiger partial charge in [-0.2, -0.15) is 0 Å². The zero-order valence-electron chi connectivity index (χ0n) is 33.4. The van der Waals surface area contributed by atoms with E-state index < -0.39 is 46.2 Å². The maximum atomic E-state index is 14.6. The number of halogens is 4. The van der Waals surface area contributed by atoms with Gasteiger partial charge in [-0.25, -0.2) is 22.6 Å². The Labute approximate surface area is 328 Å². The Kier molecular flexibility index (Phi) is 12.7. The third kappa shape index (κ3) is 8.85. The first-order valence-electron chi connectivity index (χ1n) is 19.0. The number of hydrogen-bond acceptors (Lipinski definition) is 3. The number of aliphatic imine (C=N–C) groups is 1. The van der Waals surface area contributed by atoms with E-state index >= 15 is 0 Å². The number of aromatic nitrogens is 1. The lowest BCUT2D eigenvalue weighted by Gasteiger charge is -2.22. The molecule has 0 aliphatic carbocycles. The Bertz CT molecular complexity index is 2290. The molecule has 0 radical (unpaired) electrons. The SMILES string of the molecule is Cc1ccc(C2=N/C(=C\c3c(-c4cc(C)c(C)cc4C)cc(-c4ccc(C)cc4)n3B(OCC(F)CF)OCC(F)CF)C(c3cc(C)c(C)cc3C)=C2)cc1. The van der Waals surface area contributed by atoms with E-state index in [2.05, 4.69) is 89.2 Å². The number of hydrogen-bond donors (Lipinski definition) is 0. The molecule has 6 rings (SSSR count). The van der Waals surface area contributed by atoms with E-state index in [1.807, 2.05) is 57.2 Å². The number of alkyl halides is 4. The molecule has 2 unspecified atom stereocenters. The lowest BCUT2D eigenvalue weighted by molar-refractivity contribution is 0.0997. The van der Waals surface area contributed by atoms with Crippen LogP contribution in [0.1, 0.15) is 61.3 Å². The Balaban J connectivity index is 1.70. The summed E-state index contributed by atoms with van der Waals surface area (Å²) >= 11 is 0. The van der Waals surface area contributed by atoms with Crippen molar-refractivity contribution in [3.05, 3.63) is 152 Å². The Morgan fingerprint density at radius 2 is 1.09 bits per heavy atom. The minimum absolute atomic E-state index is 0.583. The van der Waals surface area contributed by atoms with Crippen molar-refractivity contribution in [1.82, 2.24) is 4.48 Å². The van der Waals surface area contributed by atoms with Crippen LogP contribution in [0.2, 0.25) is 0 Å². The van der Waals surface area contributed by atoms with Crippen LogP contribution in [0.3, 0.4) is 0 Å². The van der Waals surface area contributed by atoms with Crippen molar-refractivity contribution in [3.8, 4) is 22.4 Å². The molecule has 1 aliphatic rings. The van der Waals surface area contributed by atoms with Gasteiger partial charge in [0, 0.05) is 28.1 Å². The number of nitrogens with zero attached hydrogens (tertiary/aromatic N) is 2. The van der Waals surface area contributed by atoms with E-state index in [1.54, 1.807) is 4.48 Å². The average Bonchev–Trinajstić information content (AvgIpc) is 3.76. The van der Waals surface area contributed by atoms with Crippen LogP contribution in [0.4, 0.5) is 17.6 Å². The van der Waals surface area contributed by atoms with E-state index in [-0.39, 0.29) is 0 Å². The van der Waals surface area contributed by atoms with Gasteiger partial charge in [-0.15, -0.1) is 0 Å². The van der Waals surface area contributed by atoms with Crippen molar-refractivity contribution < 1.29 is 26.9 Å². The van der Waals surface area contributed by atoms with Crippen LogP contribution in [-0.2, 0) is 9.31 Å². The zero-order valence-corrected chi connectivity index (χ0v) is 33.4. The molecular formula is C47H49BF4N2O2. The van der Waals surface area contributed by atoms with Crippen LogP contribution in [-0.4, -0.2) is 56.3 Å². The molecule has 1 aliphatic heterocycles. The molecule has 2 atom stereocenters. The first kappa shape index (κ1) is 40.7. The maximum Gasteiger partial charge on any atom is 0.598 e. The minimum atomic E-state index is -1.95. The van der Waals surface area contributed by atoms with Gasteiger partial charge < -0.3 is 13.8 Å². The summed E-state index contributed by atoms with van der Waals surface area (Å²) in [5.74, 6) is 0. The molecule has 0 spiro atoms. The van der Waals surface area contributed by atoms with Crippen LogP contribution >= 0.6 is 0 Å². The van der Waals surface area contributed by atoms with E-state index in [1.165, 1.54) is 5.56 Å². The molecule has 0 saturated carbocycles.